The molecule has 0 bridgehead atoms. The summed E-state index contributed by atoms with van der Waals surface area (Å²) in [5.41, 5.74) is 2.40. The van der Waals surface area contributed by atoms with Crippen molar-refractivity contribution in [2.24, 2.45) is 0 Å². The average Bonchev–Trinajstić information content (AvgIpc) is 2.97. The molecule has 2 aromatic rings. The lowest BCUT2D eigenvalue weighted by Gasteiger charge is -2.17. The van der Waals surface area contributed by atoms with Crippen molar-refractivity contribution in [2.45, 2.75) is 25.9 Å². The summed E-state index contributed by atoms with van der Waals surface area (Å²) in [6, 6.07) is 6.26. The zero-order valence-electron chi connectivity index (χ0n) is 13.0. The van der Waals surface area contributed by atoms with Crippen molar-refractivity contribution in [1.29, 1.82) is 0 Å². The molecule has 1 fully saturated rings. The molecule has 1 unspecified atom stereocenters. The summed E-state index contributed by atoms with van der Waals surface area (Å²) in [7, 11) is 1.61. The minimum absolute atomic E-state index is 0.365. The summed E-state index contributed by atoms with van der Waals surface area (Å²) in [5, 5.41) is 3.39. The minimum atomic E-state index is 0.365. The predicted octanol–water partition coefficient (Wildman–Crippen LogP) is 1.88. The molecule has 2 aromatic heterocycles. The van der Waals surface area contributed by atoms with Crippen molar-refractivity contribution in [3.63, 3.8) is 0 Å². The molecule has 1 saturated heterocycles. The molecule has 3 rings (SSSR count). The molecule has 116 valence electrons. The standard InChI is InChI=1S/C16H21N5O/c1-12-13(4-3-7-17-12)10-21-9-6-14(11-21)19-16-18-8-5-15(20-16)22-2/h3-5,7-8,14H,6,9-11H2,1-2H3,(H,18,19,20). The molecule has 0 amide bonds. The first-order chi connectivity index (χ1) is 10.7. The zero-order valence-corrected chi connectivity index (χ0v) is 13.0. The number of anilines is 1. The van der Waals surface area contributed by atoms with Crippen LogP contribution in [0, 0.1) is 6.92 Å². The van der Waals surface area contributed by atoms with Gasteiger partial charge in [0.1, 0.15) is 0 Å². The van der Waals surface area contributed by atoms with E-state index < -0.39 is 0 Å². The highest BCUT2D eigenvalue weighted by Crippen LogP contribution is 2.18. The fourth-order valence-electron chi connectivity index (χ4n) is 2.73. The number of aryl methyl sites for hydroxylation is 1. The van der Waals surface area contributed by atoms with E-state index in [9.17, 15) is 0 Å². The Morgan fingerprint density at radius 3 is 3.05 bits per heavy atom. The van der Waals surface area contributed by atoms with Gasteiger partial charge in [0.2, 0.25) is 11.8 Å². The van der Waals surface area contributed by atoms with E-state index in [4.69, 9.17) is 4.74 Å². The number of hydrogen-bond donors (Lipinski definition) is 1. The minimum Gasteiger partial charge on any atom is -0.481 e. The van der Waals surface area contributed by atoms with Gasteiger partial charge in [-0.25, -0.2) is 4.98 Å². The molecule has 1 aliphatic rings. The Labute approximate surface area is 130 Å². The molecular weight excluding hydrogens is 278 g/mol. The number of rotatable bonds is 5. The summed E-state index contributed by atoms with van der Waals surface area (Å²) in [4.78, 5) is 15.3. The van der Waals surface area contributed by atoms with E-state index >= 15 is 0 Å². The number of aromatic nitrogens is 3. The molecule has 1 atom stereocenters. The molecule has 0 aliphatic carbocycles. The number of likely N-dealkylation sites (tertiary alicyclic amines) is 1. The van der Waals surface area contributed by atoms with Crippen LogP contribution >= 0.6 is 0 Å². The van der Waals surface area contributed by atoms with Crippen LogP contribution in [-0.4, -0.2) is 46.1 Å². The Hall–Kier alpha value is -2.21. The Morgan fingerprint density at radius 2 is 2.23 bits per heavy atom. The highest BCUT2D eigenvalue weighted by Gasteiger charge is 2.23. The zero-order chi connectivity index (χ0) is 15.4. The molecule has 6 heteroatoms. The fourth-order valence-corrected chi connectivity index (χ4v) is 2.73. The number of methoxy groups -OCH3 is 1. The van der Waals surface area contributed by atoms with Crippen LogP contribution in [0.25, 0.3) is 0 Å². The second-order valence-electron chi connectivity index (χ2n) is 5.54. The Morgan fingerprint density at radius 1 is 1.32 bits per heavy atom. The Kier molecular flexibility index (Phi) is 4.48. The number of nitrogens with one attached hydrogen (secondary N) is 1. The van der Waals surface area contributed by atoms with Gasteiger partial charge in [0, 0.05) is 49.8 Å². The molecule has 1 N–H and O–H groups in total. The van der Waals surface area contributed by atoms with Gasteiger partial charge >= 0.3 is 0 Å². The molecule has 1 aliphatic heterocycles. The van der Waals surface area contributed by atoms with Crippen LogP contribution in [0.4, 0.5) is 5.95 Å². The Bertz CT molecular complexity index is 633. The van der Waals surface area contributed by atoms with Gasteiger partial charge in [-0.2, -0.15) is 4.98 Å². The fraction of sp³-hybridized carbons (Fsp3) is 0.438. The van der Waals surface area contributed by atoms with Gasteiger partial charge in [0.25, 0.3) is 0 Å². The van der Waals surface area contributed by atoms with Gasteiger partial charge in [-0.05, 0) is 25.0 Å². The molecule has 22 heavy (non-hydrogen) atoms. The molecule has 6 nitrogen and oxygen atoms in total. The molecule has 0 aromatic carbocycles. The van der Waals surface area contributed by atoms with Crippen LogP contribution in [0.1, 0.15) is 17.7 Å². The van der Waals surface area contributed by atoms with Crippen LogP contribution in [0.5, 0.6) is 5.88 Å². The van der Waals surface area contributed by atoms with Gasteiger partial charge < -0.3 is 10.1 Å². The van der Waals surface area contributed by atoms with Crippen LogP contribution < -0.4 is 10.1 Å². The Balaban J connectivity index is 1.57. The van der Waals surface area contributed by atoms with Crippen molar-refractivity contribution in [2.75, 3.05) is 25.5 Å². The topological polar surface area (TPSA) is 63.2 Å². The highest BCUT2D eigenvalue weighted by atomic mass is 16.5. The van der Waals surface area contributed by atoms with Crippen LogP contribution in [0.3, 0.4) is 0 Å². The number of pyridine rings is 1. The lowest BCUT2D eigenvalue weighted by Crippen LogP contribution is -2.27. The summed E-state index contributed by atoms with van der Waals surface area (Å²) >= 11 is 0. The molecule has 0 saturated carbocycles. The molecule has 0 radical (unpaired) electrons. The molecule has 3 heterocycles. The smallest absolute Gasteiger partial charge is 0.226 e. The maximum atomic E-state index is 5.12. The van der Waals surface area contributed by atoms with E-state index in [2.05, 4.69) is 38.2 Å². The first-order valence-electron chi connectivity index (χ1n) is 7.51. The third kappa shape index (κ3) is 3.51. The third-order valence-corrected chi connectivity index (χ3v) is 3.96. The summed E-state index contributed by atoms with van der Waals surface area (Å²) in [6.07, 6.45) is 4.63. The van der Waals surface area contributed by atoms with Gasteiger partial charge in [0.05, 0.1) is 7.11 Å². The van der Waals surface area contributed by atoms with E-state index in [1.807, 2.05) is 12.3 Å². The average molecular weight is 299 g/mol. The molecule has 0 spiro atoms. The summed E-state index contributed by atoms with van der Waals surface area (Å²) < 4.78 is 5.12. The predicted molar refractivity (Wildman–Crippen MR) is 84.9 cm³/mol. The lowest BCUT2D eigenvalue weighted by atomic mass is 10.2. The van der Waals surface area contributed by atoms with Crippen molar-refractivity contribution < 1.29 is 4.74 Å². The van der Waals surface area contributed by atoms with Gasteiger partial charge in [-0.3, -0.25) is 9.88 Å². The second kappa shape index (κ2) is 6.70. The van der Waals surface area contributed by atoms with Gasteiger partial charge in [0.15, 0.2) is 0 Å². The van der Waals surface area contributed by atoms with Crippen molar-refractivity contribution in [3.05, 3.63) is 41.9 Å². The van der Waals surface area contributed by atoms with E-state index in [-0.39, 0.29) is 0 Å². The lowest BCUT2D eigenvalue weighted by molar-refractivity contribution is 0.327. The monoisotopic (exact) mass is 299 g/mol. The summed E-state index contributed by atoms with van der Waals surface area (Å²) in [5.74, 6) is 1.21. The number of nitrogens with zero attached hydrogens (tertiary/aromatic N) is 4. The quantitative estimate of drug-likeness (QED) is 0.909. The van der Waals surface area contributed by atoms with Crippen molar-refractivity contribution >= 4 is 5.95 Å². The van der Waals surface area contributed by atoms with E-state index in [1.165, 1.54) is 5.56 Å². The maximum absolute atomic E-state index is 5.12. The van der Waals surface area contributed by atoms with Crippen LogP contribution in [0.15, 0.2) is 30.6 Å². The number of ether oxygens (including phenoxy) is 1. The first-order valence-corrected chi connectivity index (χ1v) is 7.51. The highest BCUT2D eigenvalue weighted by molar-refractivity contribution is 5.29. The van der Waals surface area contributed by atoms with Crippen LogP contribution in [-0.2, 0) is 6.54 Å². The van der Waals surface area contributed by atoms with Crippen molar-refractivity contribution in [3.8, 4) is 5.88 Å². The van der Waals surface area contributed by atoms with Gasteiger partial charge in [-0.15, -0.1) is 0 Å². The van der Waals surface area contributed by atoms with E-state index in [0.717, 1.165) is 31.7 Å². The van der Waals surface area contributed by atoms with Gasteiger partial charge in [-0.1, -0.05) is 6.07 Å². The SMILES string of the molecule is COc1ccnc(NC2CCN(Cc3cccnc3C)C2)n1. The first kappa shape index (κ1) is 14.7. The number of hydrogen-bond acceptors (Lipinski definition) is 6. The van der Waals surface area contributed by atoms with Crippen molar-refractivity contribution in [1.82, 2.24) is 19.9 Å². The van der Waals surface area contributed by atoms with E-state index in [0.29, 0.717) is 17.9 Å². The largest absolute Gasteiger partial charge is 0.481 e. The van der Waals surface area contributed by atoms with E-state index in [1.54, 1.807) is 19.4 Å². The second-order valence-corrected chi connectivity index (χ2v) is 5.54. The normalized spacial score (nSPS) is 18.4. The maximum Gasteiger partial charge on any atom is 0.226 e. The van der Waals surface area contributed by atoms with Crippen LogP contribution in [0.2, 0.25) is 0 Å². The molecular formula is C16H21N5O. The summed E-state index contributed by atoms with van der Waals surface area (Å²) in [6.45, 7) is 5.05. The third-order valence-electron chi connectivity index (χ3n) is 3.96.